The number of hydrogen-bond acceptors (Lipinski definition) is 6. The van der Waals surface area contributed by atoms with Crippen LogP contribution in [0.1, 0.15) is 52.5 Å². The van der Waals surface area contributed by atoms with Crippen molar-refractivity contribution in [2.24, 2.45) is 0 Å². The number of nitrogens with zero attached hydrogens (tertiary/aromatic N) is 2. The Morgan fingerprint density at radius 2 is 1.93 bits per heavy atom. The van der Waals surface area contributed by atoms with Gasteiger partial charge in [0.05, 0.1) is 13.0 Å². The van der Waals surface area contributed by atoms with Crippen molar-refractivity contribution in [3.8, 4) is 0 Å². The summed E-state index contributed by atoms with van der Waals surface area (Å²) in [6, 6.07) is 8.04. The van der Waals surface area contributed by atoms with E-state index in [0.717, 1.165) is 23.3 Å². The number of benzene rings is 1. The lowest BCUT2D eigenvalue weighted by Crippen LogP contribution is -2.55. The van der Waals surface area contributed by atoms with Crippen LogP contribution in [-0.4, -0.2) is 58.4 Å². The maximum absolute atomic E-state index is 13.3. The van der Waals surface area contributed by atoms with E-state index in [-0.39, 0.29) is 19.1 Å². The Labute approximate surface area is 177 Å². The van der Waals surface area contributed by atoms with Crippen molar-refractivity contribution in [1.29, 1.82) is 0 Å². The SMILES string of the molecule is C[C@@H]1CCCN1C(=O)N(C(=O)OC(C)(C)C)C1CC(=O)OC1OCc1ccccc1. The molecule has 2 aliphatic rings. The Hall–Kier alpha value is -2.61. The second-order valence-electron chi connectivity index (χ2n) is 8.74. The third-order valence-electron chi connectivity index (χ3n) is 5.12. The molecule has 0 aromatic heterocycles. The van der Waals surface area contributed by atoms with Crippen LogP contribution in [0.2, 0.25) is 0 Å². The maximum atomic E-state index is 13.3. The molecule has 164 valence electrons. The topological polar surface area (TPSA) is 85.4 Å². The lowest BCUT2D eigenvalue weighted by molar-refractivity contribution is -0.170. The number of cyclic esters (lactones) is 1. The molecule has 2 fully saturated rings. The Morgan fingerprint density at radius 3 is 2.53 bits per heavy atom. The predicted octanol–water partition coefficient (Wildman–Crippen LogP) is 3.69. The quantitative estimate of drug-likeness (QED) is 0.694. The highest BCUT2D eigenvalue weighted by Crippen LogP contribution is 2.28. The number of urea groups is 1. The summed E-state index contributed by atoms with van der Waals surface area (Å²) in [7, 11) is 0. The molecule has 2 unspecified atom stereocenters. The molecule has 0 saturated carbocycles. The van der Waals surface area contributed by atoms with Gasteiger partial charge in [-0.05, 0) is 46.1 Å². The van der Waals surface area contributed by atoms with Crippen molar-refractivity contribution < 1.29 is 28.6 Å². The number of carbonyl (C=O) groups is 3. The van der Waals surface area contributed by atoms with E-state index in [0.29, 0.717) is 6.54 Å². The lowest BCUT2D eigenvalue weighted by atomic mass is 10.2. The van der Waals surface area contributed by atoms with E-state index in [4.69, 9.17) is 14.2 Å². The average molecular weight is 418 g/mol. The molecule has 3 atom stereocenters. The summed E-state index contributed by atoms with van der Waals surface area (Å²) in [6.45, 7) is 7.86. The average Bonchev–Trinajstić information content (AvgIpc) is 3.25. The van der Waals surface area contributed by atoms with Crippen molar-refractivity contribution >= 4 is 18.1 Å². The van der Waals surface area contributed by atoms with E-state index < -0.39 is 36.0 Å². The van der Waals surface area contributed by atoms with Crippen LogP contribution in [0.5, 0.6) is 0 Å². The number of hydrogen-bond donors (Lipinski definition) is 0. The predicted molar refractivity (Wildman–Crippen MR) is 108 cm³/mol. The molecule has 3 amide bonds. The maximum Gasteiger partial charge on any atom is 0.419 e. The monoisotopic (exact) mass is 418 g/mol. The highest BCUT2D eigenvalue weighted by atomic mass is 16.7. The Morgan fingerprint density at radius 1 is 1.23 bits per heavy atom. The van der Waals surface area contributed by atoms with Gasteiger partial charge in [-0.15, -0.1) is 0 Å². The fraction of sp³-hybridized carbons (Fsp3) is 0.591. The summed E-state index contributed by atoms with van der Waals surface area (Å²) >= 11 is 0. The summed E-state index contributed by atoms with van der Waals surface area (Å²) in [6.07, 6.45) is -0.257. The molecule has 1 aromatic rings. The molecule has 2 heterocycles. The van der Waals surface area contributed by atoms with Crippen LogP contribution < -0.4 is 0 Å². The molecule has 8 heteroatoms. The van der Waals surface area contributed by atoms with Gasteiger partial charge in [0.1, 0.15) is 11.6 Å². The van der Waals surface area contributed by atoms with Gasteiger partial charge in [0, 0.05) is 12.6 Å². The molecule has 2 saturated heterocycles. The fourth-order valence-corrected chi connectivity index (χ4v) is 3.66. The summed E-state index contributed by atoms with van der Waals surface area (Å²) in [5.74, 6) is -0.520. The van der Waals surface area contributed by atoms with E-state index in [1.54, 1.807) is 25.7 Å². The molecule has 0 aliphatic carbocycles. The smallest absolute Gasteiger partial charge is 0.419 e. The number of imide groups is 1. The largest absolute Gasteiger partial charge is 0.443 e. The third kappa shape index (κ3) is 5.30. The fourth-order valence-electron chi connectivity index (χ4n) is 3.66. The number of carbonyl (C=O) groups excluding carboxylic acids is 3. The minimum atomic E-state index is -1.05. The van der Waals surface area contributed by atoms with E-state index in [1.165, 1.54) is 0 Å². The van der Waals surface area contributed by atoms with Crippen molar-refractivity contribution in [2.45, 2.75) is 77.5 Å². The highest BCUT2D eigenvalue weighted by molar-refractivity contribution is 5.93. The van der Waals surface area contributed by atoms with Gasteiger partial charge in [-0.3, -0.25) is 4.79 Å². The van der Waals surface area contributed by atoms with Crippen LogP contribution in [0.25, 0.3) is 0 Å². The van der Waals surface area contributed by atoms with Crippen molar-refractivity contribution in [3.05, 3.63) is 35.9 Å². The van der Waals surface area contributed by atoms with Crippen LogP contribution in [0.15, 0.2) is 30.3 Å². The van der Waals surface area contributed by atoms with Crippen LogP contribution in [0, 0.1) is 0 Å². The van der Waals surface area contributed by atoms with Gasteiger partial charge in [-0.2, -0.15) is 0 Å². The Balaban J connectivity index is 1.82. The van der Waals surface area contributed by atoms with Gasteiger partial charge in [0.15, 0.2) is 0 Å². The van der Waals surface area contributed by atoms with E-state index in [9.17, 15) is 14.4 Å². The molecule has 0 radical (unpaired) electrons. The Bertz CT molecular complexity index is 776. The van der Waals surface area contributed by atoms with Gasteiger partial charge in [0.2, 0.25) is 6.29 Å². The second kappa shape index (κ2) is 9.04. The second-order valence-corrected chi connectivity index (χ2v) is 8.74. The van der Waals surface area contributed by atoms with Crippen LogP contribution in [0.4, 0.5) is 9.59 Å². The number of likely N-dealkylation sites (tertiary alicyclic amines) is 1. The molecule has 0 bridgehead atoms. The van der Waals surface area contributed by atoms with Gasteiger partial charge >= 0.3 is 18.1 Å². The third-order valence-corrected chi connectivity index (χ3v) is 5.12. The summed E-state index contributed by atoms with van der Waals surface area (Å²) < 4.78 is 16.6. The number of ether oxygens (including phenoxy) is 3. The zero-order chi connectivity index (χ0) is 21.9. The van der Waals surface area contributed by atoms with Gasteiger partial charge in [-0.1, -0.05) is 30.3 Å². The number of rotatable bonds is 4. The summed E-state index contributed by atoms with van der Waals surface area (Å²) in [4.78, 5) is 41.1. The summed E-state index contributed by atoms with van der Waals surface area (Å²) in [5.41, 5.74) is 0.0957. The minimum absolute atomic E-state index is 0.00384. The van der Waals surface area contributed by atoms with Gasteiger partial charge < -0.3 is 19.1 Å². The Kier molecular flexibility index (Phi) is 6.65. The zero-order valence-electron chi connectivity index (χ0n) is 18.0. The van der Waals surface area contributed by atoms with Crippen molar-refractivity contribution in [1.82, 2.24) is 9.80 Å². The number of esters is 1. The van der Waals surface area contributed by atoms with Gasteiger partial charge in [-0.25, -0.2) is 14.5 Å². The first-order valence-corrected chi connectivity index (χ1v) is 10.3. The van der Waals surface area contributed by atoms with Crippen molar-refractivity contribution in [2.75, 3.05) is 6.54 Å². The molecule has 1 aromatic carbocycles. The van der Waals surface area contributed by atoms with Crippen molar-refractivity contribution in [3.63, 3.8) is 0 Å². The summed E-state index contributed by atoms with van der Waals surface area (Å²) in [5, 5.41) is 0. The standard InChI is InChI=1S/C22H30N2O6/c1-15-9-8-12-23(15)20(26)24(21(27)30-22(2,3)4)17-13-18(25)29-19(17)28-14-16-10-6-5-7-11-16/h5-7,10-11,15,17,19H,8-9,12-14H2,1-4H3/t15-,17?,19?/m1/s1. The molecular formula is C22H30N2O6. The molecule has 0 N–H and O–H groups in total. The molecule has 30 heavy (non-hydrogen) atoms. The van der Waals surface area contributed by atoms with Crippen LogP contribution in [0.3, 0.4) is 0 Å². The minimum Gasteiger partial charge on any atom is -0.443 e. The molecular weight excluding hydrogens is 388 g/mol. The van der Waals surface area contributed by atoms with Gasteiger partial charge in [0.25, 0.3) is 0 Å². The molecule has 2 aliphatic heterocycles. The first kappa shape index (κ1) is 22.1. The molecule has 8 nitrogen and oxygen atoms in total. The van der Waals surface area contributed by atoms with Crippen LogP contribution >= 0.6 is 0 Å². The van der Waals surface area contributed by atoms with E-state index in [1.807, 2.05) is 37.3 Å². The van der Waals surface area contributed by atoms with Crippen LogP contribution in [-0.2, 0) is 25.6 Å². The molecule has 3 rings (SSSR count). The number of amides is 3. The zero-order valence-corrected chi connectivity index (χ0v) is 18.0. The molecule has 0 spiro atoms. The normalized spacial score (nSPS) is 23.9. The first-order valence-electron chi connectivity index (χ1n) is 10.3. The lowest BCUT2D eigenvalue weighted by Gasteiger charge is -2.35. The highest BCUT2D eigenvalue weighted by Gasteiger charge is 2.48. The van der Waals surface area contributed by atoms with E-state index >= 15 is 0 Å². The first-order chi connectivity index (χ1) is 14.2. The van der Waals surface area contributed by atoms with E-state index in [2.05, 4.69) is 0 Å².